The molecule has 0 aliphatic carbocycles. The van der Waals surface area contributed by atoms with Gasteiger partial charge in [0.05, 0.1) is 6.61 Å². The molecule has 0 amide bonds. The van der Waals surface area contributed by atoms with Gasteiger partial charge in [0.25, 0.3) is 0 Å². The van der Waals surface area contributed by atoms with Crippen molar-refractivity contribution < 1.29 is 14.6 Å². The van der Waals surface area contributed by atoms with Gasteiger partial charge < -0.3 is 9.84 Å². The summed E-state index contributed by atoms with van der Waals surface area (Å²) < 4.78 is 4.93. The number of aromatic hydroxyl groups is 1. The molecule has 0 spiro atoms. The van der Waals surface area contributed by atoms with Crippen LogP contribution in [0.2, 0.25) is 0 Å². The number of ether oxygens (including phenoxy) is 1. The van der Waals surface area contributed by atoms with Gasteiger partial charge in [-0.25, -0.2) is 4.79 Å². The van der Waals surface area contributed by atoms with Crippen molar-refractivity contribution in [1.29, 1.82) is 0 Å². The highest BCUT2D eigenvalue weighted by molar-refractivity contribution is 5.87. The van der Waals surface area contributed by atoms with Gasteiger partial charge in [0.15, 0.2) is 0 Å². The van der Waals surface area contributed by atoms with Crippen LogP contribution in [0.5, 0.6) is 5.75 Å². The van der Waals surface area contributed by atoms with Gasteiger partial charge in [-0.2, -0.15) is 0 Å². The Morgan fingerprint density at radius 2 is 2.28 bits per heavy atom. The zero-order valence-electron chi connectivity index (χ0n) is 9.80. The molecule has 4 nitrogen and oxygen atoms in total. The van der Waals surface area contributed by atoms with E-state index in [1.54, 1.807) is 24.4 Å². The highest BCUT2D eigenvalue weighted by atomic mass is 16.5. The molecule has 0 fully saturated rings. The smallest absolute Gasteiger partial charge is 0.330 e. The summed E-state index contributed by atoms with van der Waals surface area (Å²) in [6.07, 6.45) is 3.34. The molecule has 0 saturated heterocycles. The summed E-state index contributed by atoms with van der Waals surface area (Å²) in [5.74, 6) is -0.284. The number of carbonyl (C=O) groups is 1. The van der Waals surface area contributed by atoms with E-state index in [1.807, 2.05) is 6.07 Å². The number of aromatic nitrogens is 1. The van der Waals surface area contributed by atoms with Crippen molar-refractivity contribution in [3.63, 3.8) is 0 Å². The van der Waals surface area contributed by atoms with E-state index in [1.165, 1.54) is 0 Å². The van der Waals surface area contributed by atoms with E-state index >= 15 is 0 Å². The van der Waals surface area contributed by atoms with Gasteiger partial charge >= 0.3 is 5.97 Å². The van der Waals surface area contributed by atoms with E-state index in [4.69, 9.17) is 4.74 Å². The van der Waals surface area contributed by atoms with E-state index in [9.17, 15) is 9.90 Å². The minimum Gasteiger partial charge on any atom is -0.506 e. The van der Waals surface area contributed by atoms with E-state index in [2.05, 4.69) is 11.6 Å². The first kappa shape index (κ1) is 12.1. The van der Waals surface area contributed by atoms with Gasteiger partial charge in [0.2, 0.25) is 0 Å². The lowest BCUT2D eigenvalue weighted by Gasteiger charge is -2.07. The average molecular weight is 243 g/mol. The zero-order chi connectivity index (χ0) is 13.0. The van der Waals surface area contributed by atoms with Crippen LogP contribution in [-0.4, -0.2) is 22.7 Å². The molecule has 1 heterocycles. The van der Waals surface area contributed by atoms with Crippen LogP contribution >= 0.6 is 0 Å². The lowest BCUT2D eigenvalue weighted by atomic mass is 10.1. The Hall–Kier alpha value is -2.36. The fourth-order valence-corrected chi connectivity index (χ4v) is 1.76. The molecule has 0 saturated carbocycles. The molecule has 1 aromatic heterocycles. The van der Waals surface area contributed by atoms with Gasteiger partial charge in [-0.3, -0.25) is 4.98 Å². The minimum atomic E-state index is -0.434. The average Bonchev–Trinajstić information content (AvgIpc) is 2.41. The maximum Gasteiger partial charge on any atom is 0.330 e. The third-order valence-corrected chi connectivity index (χ3v) is 2.62. The van der Waals surface area contributed by atoms with Crippen LogP contribution < -0.4 is 0 Å². The second-order valence-corrected chi connectivity index (χ2v) is 3.77. The summed E-state index contributed by atoms with van der Waals surface area (Å²) in [5, 5.41) is 10.6. The van der Waals surface area contributed by atoms with Crippen molar-refractivity contribution in [2.45, 2.75) is 6.42 Å². The van der Waals surface area contributed by atoms with Gasteiger partial charge in [0, 0.05) is 24.1 Å². The van der Waals surface area contributed by atoms with Crippen molar-refractivity contribution in [1.82, 2.24) is 4.98 Å². The topological polar surface area (TPSA) is 59.4 Å². The largest absolute Gasteiger partial charge is 0.506 e. The molecule has 4 heteroatoms. The van der Waals surface area contributed by atoms with Crippen molar-refractivity contribution in [3.8, 4) is 5.75 Å². The highest BCUT2D eigenvalue weighted by Crippen LogP contribution is 2.25. The van der Waals surface area contributed by atoms with Crippen LogP contribution in [0, 0.1) is 0 Å². The van der Waals surface area contributed by atoms with E-state index in [0.717, 1.165) is 17.0 Å². The molecular weight excluding hydrogens is 230 g/mol. The number of fused-ring (bicyclic) bond motifs is 1. The first-order valence-electron chi connectivity index (χ1n) is 5.57. The Kier molecular flexibility index (Phi) is 3.57. The molecule has 0 aliphatic rings. The van der Waals surface area contributed by atoms with Crippen LogP contribution in [0.15, 0.2) is 43.1 Å². The number of phenolic OH excluding ortho intramolecular Hbond substituents is 1. The molecule has 1 aromatic carbocycles. The predicted octanol–water partition coefficient (Wildman–Crippen LogP) is 2.21. The van der Waals surface area contributed by atoms with E-state index in [-0.39, 0.29) is 12.4 Å². The Balaban J connectivity index is 2.21. The molecule has 0 unspecified atom stereocenters. The maximum absolute atomic E-state index is 10.9. The number of phenols is 1. The van der Waals surface area contributed by atoms with Crippen molar-refractivity contribution in [2.75, 3.05) is 6.61 Å². The van der Waals surface area contributed by atoms with Crippen LogP contribution in [0.3, 0.4) is 0 Å². The summed E-state index contributed by atoms with van der Waals surface area (Å²) in [5.41, 5.74) is 1.54. The van der Waals surface area contributed by atoms with Gasteiger partial charge in [-0.1, -0.05) is 18.7 Å². The maximum atomic E-state index is 10.9. The van der Waals surface area contributed by atoms with Crippen LogP contribution in [0.4, 0.5) is 0 Å². The van der Waals surface area contributed by atoms with Gasteiger partial charge in [-0.05, 0) is 17.7 Å². The molecule has 18 heavy (non-hydrogen) atoms. The van der Waals surface area contributed by atoms with Gasteiger partial charge in [-0.15, -0.1) is 0 Å². The summed E-state index contributed by atoms with van der Waals surface area (Å²) in [6.45, 7) is 3.61. The first-order chi connectivity index (χ1) is 8.72. The highest BCUT2D eigenvalue weighted by Gasteiger charge is 2.06. The first-order valence-corrected chi connectivity index (χ1v) is 5.57. The van der Waals surface area contributed by atoms with E-state index in [0.29, 0.717) is 11.9 Å². The summed E-state index contributed by atoms with van der Waals surface area (Å²) >= 11 is 0. The van der Waals surface area contributed by atoms with Crippen LogP contribution in [-0.2, 0) is 16.0 Å². The minimum absolute atomic E-state index is 0.150. The number of pyridine rings is 1. The fourth-order valence-electron chi connectivity index (χ4n) is 1.76. The normalized spacial score (nSPS) is 10.2. The number of benzene rings is 1. The number of hydrogen-bond donors (Lipinski definition) is 1. The number of rotatable bonds is 4. The predicted molar refractivity (Wildman–Crippen MR) is 68.3 cm³/mol. The Morgan fingerprint density at radius 1 is 1.44 bits per heavy atom. The van der Waals surface area contributed by atoms with Crippen LogP contribution in [0.1, 0.15) is 5.56 Å². The zero-order valence-corrected chi connectivity index (χ0v) is 9.80. The summed E-state index contributed by atoms with van der Waals surface area (Å²) in [7, 11) is 0. The monoisotopic (exact) mass is 243 g/mol. The Bertz CT molecular complexity index is 593. The van der Waals surface area contributed by atoms with Crippen molar-refractivity contribution in [2.24, 2.45) is 0 Å². The number of hydrogen-bond acceptors (Lipinski definition) is 4. The fraction of sp³-hybridized carbons (Fsp3) is 0.143. The lowest BCUT2D eigenvalue weighted by Crippen LogP contribution is -2.04. The lowest BCUT2D eigenvalue weighted by molar-refractivity contribution is -0.137. The molecule has 1 N–H and O–H groups in total. The molecule has 0 bridgehead atoms. The van der Waals surface area contributed by atoms with Gasteiger partial charge in [0.1, 0.15) is 11.3 Å². The molecule has 0 atom stereocenters. The molecule has 0 radical (unpaired) electrons. The second kappa shape index (κ2) is 5.31. The standard InChI is InChI=1S/C14H13NO3/c1-2-13(17)18-9-7-10-5-6-12(16)14-11(10)4-3-8-15-14/h2-6,8,16H,1,7,9H2. The summed E-state index contributed by atoms with van der Waals surface area (Å²) in [6, 6.07) is 7.09. The third kappa shape index (κ3) is 2.48. The molecule has 0 aliphatic heterocycles. The Labute approximate surface area is 105 Å². The third-order valence-electron chi connectivity index (χ3n) is 2.62. The molecule has 2 aromatic rings. The van der Waals surface area contributed by atoms with Crippen molar-refractivity contribution in [3.05, 3.63) is 48.7 Å². The van der Waals surface area contributed by atoms with Crippen molar-refractivity contribution >= 4 is 16.9 Å². The second-order valence-electron chi connectivity index (χ2n) is 3.77. The number of esters is 1. The quantitative estimate of drug-likeness (QED) is 0.660. The molecule has 2 rings (SSSR count). The Morgan fingerprint density at radius 3 is 3.06 bits per heavy atom. The number of nitrogens with zero attached hydrogens (tertiary/aromatic N) is 1. The molecule has 92 valence electrons. The summed E-state index contributed by atoms with van der Waals surface area (Å²) in [4.78, 5) is 15.1. The van der Waals surface area contributed by atoms with Crippen LogP contribution in [0.25, 0.3) is 10.9 Å². The SMILES string of the molecule is C=CC(=O)OCCc1ccc(O)c2ncccc12. The number of carbonyl (C=O) groups excluding carboxylic acids is 1. The van der Waals surface area contributed by atoms with E-state index < -0.39 is 5.97 Å². The molecular formula is C14H13NO3.